The largest absolute Gasteiger partial charge is 0.272 e. The SMILES string of the molecule is CC(C)=NNC(=O)CS. The summed E-state index contributed by atoms with van der Waals surface area (Å²) in [6.07, 6.45) is 0. The van der Waals surface area contributed by atoms with Crippen LogP contribution in [0.5, 0.6) is 0 Å². The Hall–Kier alpha value is -0.510. The lowest BCUT2D eigenvalue weighted by molar-refractivity contribution is -0.118. The summed E-state index contributed by atoms with van der Waals surface area (Å²) in [6.45, 7) is 3.61. The summed E-state index contributed by atoms with van der Waals surface area (Å²) in [5.41, 5.74) is 3.13. The average molecular weight is 146 g/mol. The summed E-state index contributed by atoms with van der Waals surface area (Å²) in [6, 6.07) is 0. The van der Waals surface area contributed by atoms with Crippen LogP contribution < -0.4 is 5.43 Å². The molecule has 4 heteroatoms. The minimum Gasteiger partial charge on any atom is -0.272 e. The third kappa shape index (κ3) is 5.36. The van der Waals surface area contributed by atoms with Gasteiger partial charge in [0, 0.05) is 5.71 Å². The zero-order valence-corrected chi connectivity index (χ0v) is 6.40. The molecule has 1 N–H and O–H groups in total. The highest BCUT2D eigenvalue weighted by Crippen LogP contribution is 1.74. The summed E-state index contributed by atoms with van der Waals surface area (Å²) in [5.74, 6) is -0.00363. The number of hydrogen-bond acceptors (Lipinski definition) is 3. The highest BCUT2D eigenvalue weighted by Gasteiger charge is 1.91. The van der Waals surface area contributed by atoms with Crippen LogP contribution >= 0.6 is 12.6 Å². The van der Waals surface area contributed by atoms with Gasteiger partial charge < -0.3 is 0 Å². The van der Waals surface area contributed by atoms with E-state index in [0.29, 0.717) is 0 Å². The molecule has 0 atom stereocenters. The van der Waals surface area contributed by atoms with Crippen LogP contribution in [0, 0.1) is 0 Å². The van der Waals surface area contributed by atoms with Crippen LogP contribution in [-0.4, -0.2) is 17.4 Å². The van der Waals surface area contributed by atoms with Crippen LogP contribution in [0.15, 0.2) is 5.10 Å². The summed E-state index contributed by atoms with van der Waals surface area (Å²) in [7, 11) is 0. The van der Waals surface area contributed by atoms with Gasteiger partial charge in [-0.1, -0.05) is 0 Å². The van der Waals surface area contributed by atoms with Gasteiger partial charge in [0.05, 0.1) is 5.75 Å². The van der Waals surface area contributed by atoms with Crippen LogP contribution in [0.3, 0.4) is 0 Å². The Morgan fingerprint density at radius 1 is 1.67 bits per heavy atom. The van der Waals surface area contributed by atoms with Crippen molar-refractivity contribution in [3.8, 4) is 0 Å². The Morgan fingerprint density at radius 2 is 2.22 bits per heavy atom. The fourth-order valence-electron chi connectivity index (χ4n) is 0.210. The van der Waals surface area contributed by atoms with Crippen molar-refractivity contribution in [2.24, 2.45) is 5.10 Å². The van der Waals surface area contributed by atoms with E-state index in [0.717, 1.165) is 5.71 Å². The molecule has 0 unspecified atom stereocenters. The van der Waals surface area contributed by atoms with Crippen molar-refractivity contribution in [1.82, 2.24) is 5.43 Å². The first-order chi connectivity index (χ1) is 4.16. The van der Waals surface area contributed by atoms with Gasteiger partial charge in [-0.25, -0.2) is 5.43 Å². The monoisotopic (exact) mass is 146 g/mol. The predicted molar refractivity (Wildman–Crippen MR) is 40.8 cm³/mol. The minimum atomic E-state index is -0.181. The molecule has 0 saturated heterocycles. The van der Waals surface area contributed by atoms with Gasteiger partial charge in [0.15, 0.2) is 0 Å². The third-order valence-corrected chi connectivity index (χ3v) is 0.835. The number of nitrogens with zero attached hydrogens (tertiary/aromatic N) is 1. The second kappa shape index (κ2) is 4.38. The maximum absolute atomic E-state index is 10.4. The van der Waals surface area contributed by atoms with Crippen LogP contribution in [0.2, 0.25) is 0 Å². The van der Waals surface area contributed by atoms with Gasteiger partial charge in [0.2, 0.25) is 5.91 Å². The first-order valence-electron chi connectivity index (χ1n) is 2.57. The van der Waals surface area contributed by atoms with Gasteiger partial charge in [-0.2, -0.15) is 17.7 Å². The molecule has 0 heterocycles. The number of carbonyl (C=O) groups is 1. The van der Waals surface area contributed by atoms with Gasteiger partial charge in [-0.3, -0.25) is 4.79 Å². The Kier molecular flexibility index (Phi) is 4.13. The second-order valence-corrected chi connectivity index (χ2v) is 2.07. The molecule has 1 amide bonds. The molecule has 0 aromatic heterocycles. The van der Waals surface area contributed by atoms with E-state index in [1.807, 2.05) is 0 Å². The summed E-state index contributed by atoms with van der Waals surface area (Å²) in [4.78, 5) is 10.4. The van der Waals surface area contributed by atoms with Gasteiger partial charge in [0.25, 0.3) is 0 Å². The lowest BCUT2D eigenvalue weighted by Gasteiger charge is -1.93. The quantitative estimate of drug-likeness (QED) is 0.331. The maximum Gasteiger partial charge on any atom is 0.249 e. The molecule has 0 aliphatic carbocycles. The van der Waals surface area contributed by atoms with Gasteiger partial charge in [0.1, 0.15) is 0 Å². The molecular weight excluding hydrogens is 136 g/mol. The zero-order valence-electron chi connectivity index (χ0n) is 5.51. The van der Waals surface area contributed by atoms with E-state index in [1.54, 1.807) is 13.8 Å². The molecule has 0 spiro atoms. The van der Waals surface area contributed by atoms with E-state index < -0.39 is 0 Å². The molecule has 0 rings (SSSR count). The van der Waals surface area contributed by atoms with Crippen LogP contribution in [-0.2, 0) is 4.79 Å². The van der Waals surface area contributed by atoms with E-state index in [9.17, 15) is 4.79 Å². The lowest BCUT2D eigenvalue weighted by atomic mass is 10.5. The molecule has 9 heavy (non-hydrogen) atoms. The van der Waals surface area contributed by atoms with Crippen molar-refractivity contribution in [2.75, 3.05) is 5.75 Å². The van der Waals surface area contributed by atoms with E-state index in [4.69, 9.17) is 0 Å². The molecule has 0 aromatic carbocycles. The third-order valence-electron chi connectivity index (χ3n) is 0.548. The second-order valence-electron chi connectivity index (χ2n) is 1.75. The fraction of sp³-hybridized carbons (Fsp3) is 0.600. The standard InChI is InChI=1S/C5H10N2OS/c1-4(2)6-7-5(8)3-9/h9H,3H2,1-2H3,(H,7,8). The minimum absolute atomic E-state index is 0.177. The molecule has 0 aromatic rings. The van der Waals surface area contributed by atoms with Crippen molar-refractivity contribution in [1.29, 1.82) is 0 Å². The number of hydrogen-bond donors (Lipinski definition) is 2. The Morgan fingerprint density at radius 3 is 2.56 bits per heavy atom. The van der Waals surface area contributed by atoms with Crippen molar-refractivity contribution >= 4 is 24.2 Å². The Bertz CT molecular complexity index is 129. The van der Waals surface area contributed by atoms with E-state index >= 15 is 0 Å². The Balaban J connectivity index is 3.50. The fourth-order valence-corrected chi connectivity index (χ4v) is 0.280. The topological polar surface area (TPSA) is 41.5 Å². The van der Waals surface area contributed by atoms with Gasteiger partial charge in [-0.05, 0) is 13.8 Å². The van der Waals surface area contributed by atoms with Gasteiger partial charge >= 0.3 is 0 Å². The van der Waals surface area contributed by atoms with Crippen molar-refractivity contribution in [2.45, 2.75) is 13.8 Å². The summed E-state index contributed by atoms with van der Waals surface area (Å²) >= 11 is 3.74. The molecule has 0 aliphatic rings. The average Bonchev–Trinajstić information content (AvgIpc) is 1.83. The normalized spacial score (nSPS) is 8.33. The first kappa shape index (κ1) is 8.49. The maximum atomic E-state index is 10.4. The van der Waals surface area contributed by atoms with Crippen molar-refractivity contribution in [3.63, 3.8) is 0 Å². The highest BCUT2D eigenvalue weighted by molar-refractivity contribution is 7.81. The predicted octanol–water partition coefficient (Wildman–Crippen LogP) is 0.428. The summed E-state index contributed by atoms with van der Waals surface area (Å²) in [5, 5.41) is 3.66. The zero-order chi connectivity index (χ0) is 7.28. The van der Waals surface area contributed by atoms with Gasteiger partial charge in [-0.15, -0.1) is 0 Å². The van der Waals surface area contributed by atoms with E-state index in [-0.39, 0.29) is 11.7 Å². The number of rotatable bonds is 2. The van der Waals surface area contributed by atoms with Crippen LogP contribution in [0.4, 0.5) is 0 Å². The van der Waals surface area contributed by atoms with Crippen molar-refractivity contribution in [3.05, 3.63) is 0 Å². The van der Waals surface area contributed by atoms with E-state index in [2.05, 4.69) is 23.2 Å². The molecule has 0 aliphatic heterocycles. The van der Waals surface area contributed by atoms with Crippen LogP contribution in [0.1, 0.15) is 13.8 Å². The van der Waals surface area contributed by atoms with E-state index in [1.165, 1.54) is 0 Å². The molecular formula is C5H10N2OS. The number of thiol groups is 1. The lowest BCUT2D eigenvalue weighted by Crippen LogP contribution is -2.19. The molecule has 0 saturated carbocycles. The molecule has 0 radical (unpaired) electrons. The number of hydrazone groups is 1. The number of nitrogens with one attached hydrogen (secondary N) is 1. The molecule has 52 valence electrons. The summed E-state index contributed by atoms with van der Waals surface area (Å²) < 4.78 is 0. The smallest absolute Gasteiger partial charge is 0.249 e. The number of amides is 1. The molecule has 3 nitrogen and oxygen atoms in total. The van der Waals surface area contributed by atoms with Crippen molar-refractivity contribution < 1.29 is 4.79 Å². The van der Waals surface area contributed by atoms with Crippen LogP contribution in [0.25, 0.3) is 0 Å². The highest BCUT2D eigenvalue weighted by atomic mass is 32.1. The Labute approximate surface area is 59.9 Å². The molecule has 0 bridgehead atoms. The number of carbonyl (C=O) groups excluding carboxylic acids is 1. The molecule has 0 fully saturated rings. The first-order valence-corrected chi connectivity index (χ1v) is 3.20.